The minimum Gasteiger partial charge on any atom is -0.279 e. The third kappa shape index (κ3) is 2.91. The second-order valence-electron chi connectivity index (χ2n) is 4.12. The topological polar surface area (TPSA) is 46.2 Å². The molecule has 0 fully saturated rings. The van der Waals surface area contributed by atoms with E-state index in [2.05, 4.69) is 4.72 Å². The summed E-state index contributed by atoms with van der Waals surface area (Å²) in [6.45, 7) is 1.75. The number of halogens is 3. The lowest BCUT2D eigenvalue weighted by Crippen LogP contribution is -2.16. The molecule has 0 radical (unpaired) electrons. The summed E-state index contributed by atoms with van der Waals surface area (Å²) in [5, 5.41) is 0.346. The summed E-state index contributed by atoms with van der Waals surface area (Å²) in [6.07, 6.45) is 0. The molecule has 0 unspecified atom stereocenters. The van der Waals surface area contributed by atoms with E-state index in [4.69, 9.17) is 11.6 Å². The fraction of sp³-hybridized carbons (Fsp3) is 0.0769. The van der Waals surface area contributed by atoms with Crippen LogP contribution in [0.3, 0.4) is 0 Å². The Morgan fingerprint density at radius 2 is 1.70 bits per heavy atom. The molecule has 0 aliphatic heterocycles. The SMILES string of the molecule is Cc1ccc(NS(=O)(=O)c2c(F)cccc2F)cc1Cl. The Hall–Kier alpha value is -1.66. The molecule has 0 aliphatic carbocycles. The van der Waals surface area contributed by atoms with Gasteiger partial charge in [0.25, 0.3) is 10.0 Å². The van der Waals surface area contributed by atoms with Gasteiger partial charge in [0.05, 0.1) is 5.69 Å². The maximum Gasteiger partial charge on any atom is 0.267 e. The van der Waals surface area contributed by atoms with Crippen LogP contribution in [-0.2, 0) is 10.0 Å². The number of nitrogens with one attached hydrogen (secondary N) is 1. The van der Waals surface area contributed by atoms with Crippen molar-refractivity contribution in [3.63, 3.8) is 0 Å². The highest BCUT2D eigenvalue weighted by Crippen LogP contribution is 2.24. The van der Waals surface area contributed by atoms with Gasteiger partial charge < -0.3 is 0 Å². The standard InChI is InChI=1S/C13H10ClF2NO2S/c1-8-5-6-9(7-10(8)14)17-20(18,19)13-11(15)3-2-4-12(13)16/h2-7,17H,1H3. The second-order valence-corrected chi connectivity index (χ2v) is 6.15. The van der Waals surface area contributed by atoms with Crippen LogP contribution in [0.25, 0.3) is 0 Å². The molecular formula is C13H10ClF2NO2S. The van der Waals surface area contributed by atoms with E-state index in [9.17, 15) is 17.2 Å². The van der Waals surface area contributed by atoms with Crippen LogP contribution < -0.4 is 4.72 Å². The van der Waals surface area contributed by atoms with Gasteiger partial charge in [-0.25, -0.2) is 17.2 Å². The van der Waals surface area contributed by atoms with Gasteiger partial charge in [0, 0.05) is 5.02 Å². The number of aryl methyl sites for hydroxylation is 1. The van der Waals surface area contributed by atoms with E-state index in [0.717, 1.165) is 23.8 Å². The molecule has 0 aromatic heterocycles. The highest BCUT2D eigenvalue weighted by atomic mass is 35.5. The lowest BCUT2D eigenvalue weighted by Gasteiger charge is -2.10. The van der Waals surface area contributed by atoms with Crippen LogP contribution in [-0.4, -0.2) is 8.42 Å². The number of hydrogen-bond acceptors (Lipinski definition) is 2. The molecule has 0 atom stereocenters. The van der Waals surface area contributed by atoms with Gasteiger partial charge in [-0.1, -0.05) is 23.7 Å². The summed E-state index contributed by atoms with van der Waals surface area (Å²) in [6, 6.07) is 7.26. The number of hydrogen-bond donors (Lipinski definition) is 1. The van der Waals surface area contributed by atoms with E-state index in [1.165, 1.54) is 12.1 Å². The maximum absolute atomic E-state index is 13.5. The average molecular weight is 318 g/mol. The van der Waals surface area contributed by atoms with Crippen molar-refractivity contribution in [3.8, 4) is 0 Å². The molecular weight excluding hydrogens is 308 g/mol. The zero-order chi connectivity index (χ0) is 14.9. The first-order valence-electron chi connectivity index (χ1n) is 5.54. The average Bonchev–Trinajstić information content (AvgIpc) is 2.33. The van der Waals surface area contributed by atoms with Crippen LogP contribution in [0.4, 0.5) is 14.5 Å². The van der Waals surface area contributed by atoms with E-state index in [0.29, 0.717) is 5.02 Å². The Morgan fingerprint density at radius 1 is 1.10 bits per heavy atom. The van der Waals surface area contributed by atoms with Gasteiger partial charge in [-0.3, -0.25) is 4.72 Å². The first kappa shape index (κ1) is 14.7. The van der Waals surface area contributed by atoms with E-state index in [1.807, 2.05) is 0 Å². The summed E-state index contributed by atoms with van der Waals surface area (Å²) >= 11 is 5.87. The molecule has 20 heavy (non-hydrogen) atoms. The molecule has 0 aliphatic rings. The molecule has 3 nitrogen and oxygen atoms in total. The largest absolute Gasteiger partial charge is 0.279 e. The van der Waals surface area contributed by atoms with Gasteiger partial charge in [0.15, 0.2) is 4.90 Å². The molecule has 2 rings (SSSR count). The van der Waals surface area contributed by atoms with Crippen molar-refractivity contribution in [2.45, 2.75) is 11.8 Å². The summed E-state index contributed by atoms with van der Waals surface area (Å²) in [4.78, 5) is -1.02. The predicted molar refractivity (Wildman–Crippen MR) is 73.4 cm³/mol. The highest BCUT2D eigenvalue weighted by molar-refractivity contribution is 7.92. The molecule has 7 heteroatoms. The fourth-order valence-electron chi connectivity index (χ4n) is 1.60. The van der Waals surface area contributed by atoms with Gasteiger partial charge in [-0.05, 0) is 36.8 Å². The van der Waals surface area contributed by atoms with Crippen LogP contribution in [0.5, 0.6) is 0 Å². The van der Waals surface area contributed by atoms with Crippen molar-refractivity contribution in [2.75, 3.05) is 4.72 Å². The molecule has 0 saturated carbocycles. The van der Waals surface area contributed by atoms with Crippen molar-refractivity contribution < 1.29 is 17.2 Å². The summed E-state index contributed by atoms with van der Waals surface area (Å²) in [5.41, 5.74) is 0.884. The zero-order valence-electron chi connectivity index (χ0n) is 10.3. The quantitative estimate of drug-likeness (QED) is 0.937. The maximum atomic E-state index is 13.5. The minimum atomic E-state index is -4.36. The molecule has 0 amide bonds. The molecule has 0 bridgehead atoms. The third-order valence-corrected chi connectivity index (χ3v) is 4.45. The van der Waals surface area contributed by atoms with Gasteiger partial charge in [-0.15, -0.1) is 0 Å². The van der Waals surface area contributed by atoms with Gasteiger partial charge in [0.2, 0.25) is 0 Å². The van der Waals surface area contributed by atoms with Gasteiger partial charge in [-0.2, -0.15) is 0 Å². The van der Waals surface area contributed by atoms with Crippen LogP contribution in [0.1, 0.15) is 5.56 Å². The smallest absolute Gasteiger partial charge is 0.267 e. The third-order valence-electron chi connectivity index (χ3n) is 2.61. The van der Waals surface area contributed by atoms with E-state index in [-0.39, 0.29) is 5.69 Å². The van der Waals surface area contributed by atoms with Crippen molar-refractivity contribution in [2.24, 2.45) is 0 Å². The molecule has 106 valence electrons. The number of benzene rings is 2. The van der Waals surface area contributed by atoms with E-state index >= 15 is 0 Å². The Balaban J connectivity index is 2.43. The molecule has 0 heterocycles. The molecule has 2 aromatic rings. The lowest BCUT2D eigenvalue weighted by molar-refractivity contribution is 0.521. The van der Waals surface area contributed by atoms with Crippen LogP contribution in [0, 0.1) is 18.6 Å². The highest BCUT2D eigenvalue weighted by Gasteiger charge is 2.23. The normalized spacial score (nSPS) is 11.4. The van der Waals surface area contributed by atoms with E-state index < -0.39 is 26.6 Å². The van der Waals surface area contributed by atoms with Crippen LogP contribution in [0.15, 0.2) is 41.3 Å². The predicted octanol–water partition coefficient (Wildman–Crippen LogP) is 3.73. The van der Waals surface area contributed by atoms with Crippen molar-refractivity contribution in [1.82, 2.24) is 0 Å². The summed E-state index contributed by atoms with van der Waals surface area (Å²) < 4.78 is 53.1. The minimum absolute atomic E-state index is 0.128. The number of sulfonamides is 1. The molecule has 0 spiro atoms. The lowest BCUT2D eigenvalue weighted by atomic mass is 10.2. The first-order chi connectivity index (χ1) is 9.31. The van der Waals surface area contributed by atoms with Crippen molar-refractivity contribution in [1.29, 1.82) is 0 Å². The Kier molecular flexibility index (Phi) is 3.96. The van der Waals surface area contributed by atoms with Crippen molar-refractivity contribution in [3.05, 3.63) is 58.6 Å². The van der Waals surface area contributed by atoms with Crippen molar-refractivity contribution >= 4 is 27.3 Å². The summed E-state index contributed by atoms with van der Waals surface area (Å²) in [7, 11) is -4.36. The Bertz CT molecular complexity index is 743. The molecule has 1 N–H and O–H groups in total. The van der Waals surface area contributed by atoms with Crippen LogP contribution in [0.2, 0.25) is 5.02 Å². The Morgan fingerprint density at radius 3 is 2.25 bits per heavy atom. The summed E-state index contributed by atoms with van der Waals surface area (Å²) in [5.74, 6) is -2.31. The Labute approximate surface area is 120 Å². The molecule has 2 aromatic carbocycles. The van der Waals surface area contributed by atoms with Gasteiger partial charge >= 0.3 is 0 Å². The van der Waals surface area contributed by atoms with E-state index in [1.54, 1.807) is 13.0 Å². The monoisotopic (exact) mass is 317 g/mol. The number of anilines is 1. The zero-order valence-corrected chi connectivity index (χ0v) is 11.9. The second kappa shape index (κ2) is 5.38. The first-order valence-corrected chi connectivity index (χ1v) is 7.40. The number of rotatable bonds is 3. The van der Waals surface area contributed by atoms with Crippen LogP contribution >= 0.6 is 11.6 Å². The molecule has 0 saturated heterocycles. The van der Waals surface area contributed by atoms with Gasteiger partial charge in [0.1, 0.15) is 11.6 Å². The fourth-order valence-corrected chi connectivity index (χ4v) is 2.97.